The Balaban J connectivity index is 2.31. The first-order valence-electron chi connectivity index (χ1n) is 8.54. The number of rotatable bonds is 3. The van der Waals surface area contributed by atoms with Gasteiger partial charge < -0.3 is 20.1 Å². The molecule has 0 saturated carbocycles. The number of carbonyl (C=O) groups excluding carboxylic acids is 1. The maximum Gasteiger partial charge on any atom is 0.408 e. The van der Waals surface area contributed by atoms with Gasteiger partial charge in [-0.1, -0.05) is 26.8 Å². The second-order valence-electron chi connectivity index (χ2n) is 8.47. The number of nitrogens with zero attached hydrogens (tertiary/aromatic N) is 1. The maximum absolute atomic E-state index is 12.1. The highest BCUT2D eigenvalue weighted by Gasteiger charge is 2.26. The minimum Gasteiger partial charge on any atom is -0.444 e. The summed E-state index contributed by atoms with van der Waals surface area (Å²) < 4.78 is 5.27. The molecule has 6 heteroatoms. The quantitative estimate of drug-likeness (QED) is 0.788. The number of aliphatic hydroxyl groups excluding tert-OH is 1. The van der Waals surface area contributed by atoms with Crippen LogP contribution in [-0.2, 0) is 10.2 Å². The zero-order valence-electron chi connectivity index (χ0n) is 16.1. The second-order valence-corrected chi connectivity index (χ2v) is 8.47. The Hall–Kier alpha value is -2.08. The number of fused-ring (bicyclic) bond motifs is 1. The molecule has 0 aliphatic carbocycles. The lowest BCUT2D eigenvalue weighted by atomic mass is 9.87. The van der Waals surface area contributed by atoms with Gasteiger partial charge >= 0.3 is 6.09 Å². The number of ether oxygens (including phenoxy) is 1. The minimum atomic E-state index is -0.824. The van der Waals surface area contributed by atoms with Crippen molar-refractivity contribution in [2.24, 2.45) is 0 Å². The van der Waals surface area contributed by atoms with Crippen LogP contribution in [0.25, 0.3) is 11.0 Å². The molecule has 1 amide bonds. The van der Waals surface area contributed by atoms with Crippen molar-refractivity contribution >= 4 is 17.1 Å². The molecule has 0 saturated heterocycles. The highest BCUT2D eigenvalue weighted by Crippen LogP contribution is 2.26. The third-order valence-corrected chi connectivity index (χ3v) is 3.82. The summed E-state index contributed by atoms with van der Waals surface area (Å²) in [5.41, 5.74) is 2.27. The molecule has 0 bridgehead atoms. The number of aliphatic hydroxyl groups is 1. The zero-order chi connectivity index (χ0) is 19.0. The van der Waals surface area contributed by atoms with E-state index in [4.69, 9.17) is 4.74 Å². The molecule has 1 heterocycles. The Labute approximate surface area is 149 Å². The number of carbonyl (C=O) groups is 1. The third kappa shape index (κ3) is 4.95. The molecule has 6 nitrogen and oxygen atoms in total. The monoisotopic (exact) mass is 347 g/mol. The van der Waals surface area contributed by atoms with Gasteiger partial charge in [-0.25, -0.2) is 9.78 Å². The summed E-state index contributed by atoms with van der Waals surface area (Å²) in [4.78, 5) is 19.8. The Bertz CT molecular complexity index is 751. The number of hydrogen-bond donors (Lipinski definition) is 3. The summed E-state index contributed by atoms with van der Waals surface area (Å²) in [7, 11) is 0. The van der Waals surface area contributed by atoms with Gasteiger partial charge in [0, 0.05) is 0 Å². The van der Waals surface area contributed by atoms with E-state index in [-0.39, 0.29) is 5.41 Å². The Morgan fingerprint density at radius 2 is 1.88 bits per heavy atom. The van der Waals surface area contributed by atoms with Gasteiger partial charge in [0.2, 0.25) is 0 Å². The van der Waals surface area contributed by atoms with Gasteiger partial charge in [0.25, 0.3) is 0 Å². The lowest BCUT2D eigenvalue weighted by Crippen LogP contribution is -2.39. The predicted molar refractivity (Wildman–Crippen MR) is 98.6 cm³/mol. The van der Waals surface area contributed by atoms with E-state index in [9.17, 15) is 9.90 Å². The fourth-order valence-electron chi connectivity index (χ4n) is 2.50. The van der Waals surface area contributed by atoms with Gasteiger partial charge in [0.05, 0.1) is 17.1 Å². The molecule has 25 heavy (non-hydrogen) atoms. The van der Waals surface area contributed by atoms with Crippen molar-refractivity contribution in [1.82, 2.24) is 15.3 Å². The van der Waals surface area contributed by atoms with Crippen molar-refractivity contribution in [3.63, 3.8) is 0 Å². The molecule has 138 valence electrons. The van der Waals surface area contributed by atoms with Crippen LogP contribution in [-0.4, -0.2) is 32.9 Å². The molecule has 1 aromatic heterocycles. The molecule has 0 spiro atoms. The van der Waals surface area contributed by atoms with Gasteiger partial charge in [-0.3, -0.25) is 0 Å². The number of H-pyrrole nitrogens is 1. The van der Waals surface area contributed by atoms with Crippen LogP contribution in [0.3, 0.4) is 0 Å². The fraction of sp³-hybridized carbons (Fsp3) is 0.579. The first-order valence-corrected chi connectivity index (χ1v) is 8.54. The molecule has 2 aromatic rings. The van der Waals surface area contributed by atoms with Crippen LogP contribution in [0, 0.1) is 0 Å². The molecule has 0 fully saturated rings. The van der Waals surface area contributed by atoms with E-state index in [0.29, 0.717) is 5.82 Å². The van der Waals surface area contributed by atoms with E-state index in [1.165, 1.54) is 5.56 Å². The number of amides is 1. The molecule has 1 aromatic carbocycles. The van der Waals surface area contributed by atoms with Crippen molar-refractivity contribution in [3.8, 4) is 0 Å². The maximum atomic E-state index is 12.1. The summed E-state index contributed by atoms with van der Waals surface area (Å²) in [6.07, 6.45) is -1.41. The Morgan fingerprint density at radius 3 is 2.40 bits per heavy atom. The van der Waals surface area contributed by atoms with Crippen molar-refractivity contribution in [1.29, 1.82) is 0 Å². The average molecular weight is 347 g/mol. The molecule has 0 aliphatic heterocycles. The predicted octanol–water partition coefficient (Wildman–Crippen LogP) is 3.81. The summed E-state index contributed by atoms with van der Waals surface area (Å²) in [5, 5.41) is 12.8. The third-order valence-electron chi connectivity index (χ3n) is 3.82. The SMILES string of the molecule is C[C@H](O)[C@H](NC(=O)OC(C)(C)C)c1nc2ccc(C(C)(C)C)cc2[nH]1. The summed E-state index contributed by atoms with van der Waals surface area (Å²) in [5.74, 6) is 0.502. The summed E-state index contributed by atoms with van der Waals surface area (Å²) in [6, 6.07) is 5.37. The number of alkyl carbamates (subject to hydrolysis) is 1. The Kier molecular flexibility index (Phi) is 5.14. The van der Waals surface area contributed by atoms with Crippen molar-refractivity contribution < 1.29 is 14.6 Å². The van der Waals surface area contributed by atoms with Crippen molar-refractivity contribution in [3.05, 3.63) is 29.6 Å². The van der Waals surface area contributed by atoms with E-state index in [1.54, 1.807) is 27.7 Å². The van der Waals surface area contributed by atoms with Crippen molar-refractivity contribution in [2.75, 3.05) is 0 Å². The number of aromatic nitrogens is 2. The highest BCUT2D eigenvalue weighted by molar-refractivity contribution is 5.76. The van der Waals surface area contributed by atoms with E-state index in [1.807, 2.05) is 12.1 Å². The standard InChI is InChI=1S/C19H29N3O3/c1-11(23)15(22-17(24)25-19(5,6)7)16-20-13-9-8-12(18(2,3)4)10-14(13)21-16/h8-11,15,23H,1-7H3,(H,20,21)(H,22,24)/t11-,15-/m0/s1. The molecule has 2 rings (SSSR count). The van der Waals surface area contributed by atoms with Crippen molar-refractivity contribution in [2.45, 2.75) is 71.6 Å². The molecule has 2 atom stereocenters. The molecular weight excluding hydrogens is 318 g/mol. The highest BCUT2D eigenvalue weighted by atomic mass is 16.6. The average Bonchev–Trinajstić information content (AvgIpc) is 2.83. The first-order chi connectivity index (χ1) is 11.4. The number of nitrogens with one attached hydrogen (secondary N) is 2. The van der Waals surface area contributed by atoms with E-state index < -0.39 is 23.8 Å². The van der Waals surface area contributed by atoms with Gasteiger partial charge in [-0.05, 0) is 50.8 Å². The molecule has 3 N–H and O–H groups in total. The van der Waals surface area contributed by atoms with Crippen LogP contribution < -0.4 is 5.32 Å². The molecular formula is C19H29N3O3. The van der Waals surface area contributed by atoms with Crippen LogP contribution >= 0.6 is 0 Å². The minimum absolute atomic E-state index is 0.0257. The van der Waals surface area contributed by atoms with E-state index >= 15 is 0 Å². The normalized spacial score (nSPS) is 15.0. The van der Waals surface area contributed by atoms with Crippen LogP contribution in [0.2, 0.25) is 0 Å². The fourth-order valence-corrected chi connectivity index (χ4v) is 2.50. The van der Waals surface area contributed by atoms with E-state index in [0.717, 1.165) is 11.0 Å². The van der Waals surface area contributed by atoms with Gasteiger partial charge in [-0.2, -0.15) is 0 Å². The lowest BCUT2D eigenvalue weighted by Gasteiger charge is -2.24. The summed E-state index contributed by atoms with van der Waals surface area (Å²) in [6.45, 7) is 13.4. The van der Waals surface area contributed by atoms with Gasteiger partial charge in [0.1, 0.15) is 17.5 Å². The number of benzene rings is 1. The first kappa shape index (κ1) is 19.2. The van der Waals surface area contributed by atoms with Gasteiger partial charge in [-0.15, -0.1) is 0 Å². The summed E-state index contributed by atoms with van der Waals surface area (Å²) >= 11 is 0. The topological polar surface area (TPSA) is 87.2 Å². The van der Waals surface area contributed by atoms with Crippen LogP contribution in [0.15, 0.2) is 18.2 Å². The molecule has 0 radical (unpaired) electrons. The number of imidazole rings is 1. The molecule has 0 unspecified atom stereocenters. The van der Waals surface area contributed by atoms with E-state index in [2.05, 4.69) is 42.1 Å². The Morgan fingerprint density at radius 1 is 1.24 bits per heavy atom. The molecule has 0 aliphatic rings. The van der Waals surface area contributed by atoms with Crippen LogP contribution in [0.5, 0.6) is 0 Å². The number of aromatic amines is 1. The van der Waals surface area contributed by atoms with Gasteiger partial charge in [0.15, 0.2) is 0 Å². The second kappa shape index (κ2) is 6.67. The van der Waals surface area contributed by atoms with Crippen LogP contribution in [0.1, 0.15) is 65.9 Å². The number of hydrogen-bond acceptors (Lipinski definition) is 4. The largest absolute Gasteiger partial charge is 0.444 e. The van der Waals surface area contributed by atoms with Crippen LogP contribution in [0.4, 0.5) is 4.79 Å². The zero-order valence-corrected chi connectivity index (χ0v) is 16.1. The smallest absolute Gasteiger partial charge is 0.408 e. The lowest BCUT2D eigenvalue weighted by molar-refractivity contribution is 0.0430.